The van der Waals surface area contributed by atoms with Gasteiger partial charge in [0.15, 0.2) is 11.9 Å². The average Bonchev–Trinajstić information content (AvgIpc) is 3.66. The number of phenols is 1. The molecule has 88 heavy (non-hydrogen) atoms. The Morgan fingerprint density at radius 3 is 1.24 bits per heavy atom. The first-order valence-electron chi connectivity index (χ1n) is 28.1. The minimum atomic E-state index is -1.70. The number of amides is 9. The van der Waals surface area contributed by atoms with Crippen LogP contribution >= 0.6 is 37.0 Å². The summed E-state index contributed by atoms with van der Waals surface area (Å²) in [5, 5.41) is 81.4. The summed E-state index contributed by atoms with van der Waals surface area (Å²) in [5.41, 5.74) is 17.1. The summed E-state index contributed by atoms with van der Waals surface area (Å²) >= 11 is 9.23. The van der Waals surface area contributed by atoms with E-state index in [4.69, 9.17) is 28.0 Å². The number of thiol groups is 2. The number of hydrogen-bond donors (Lipinski definition) is 22. The van der Waals surface area contributed by atoms with Crippen molar-refractivity contribution in [3.8, 4) is 5.75 Å². The Balaban J connectivity index is 3.74. The molecule has 0 aliphatic rings. The SMILES string of the molecule is CSCC[C@H](NC(=O)[C@H](CCC(=O)O)NC(=O)[C@H](CC(C)C)NC(=O)[C@H](CCCNC(=N)N)NC(=O)[C@H](CCCNC(=N)N)NC(=O)[C@H](CC(C)C)NC(=O)[C@H](CC(=O)O)NC(=O)[C@@H](N)CS)C(=O)N[C@@H](Cc1ccc(O)cc1)C(=O)N[C@@H](CS)C(=O)O. The van der Waals surface area contributed by atoms with Gasteiger partial charge < -0.3 is 96.1 Å². The van der Waals surface area contributed by atoms with Crippen LogP contribution in [0.1, 0.15) is 97.5 Å². The number of aromatic hydroxyl groups is 1. The number of guanidine groups is 2. The van der Waals surface area contributed by atoms with Crippen molar-refractivity contribution < 1.29 is 78.0 Å². The number of nitrogens with two attached hydrogens (primary N) is 3. The number of hydrogen-bond acceptors (Lipinski definition) is 19. The number of carbonyl (C=O) groups is 12. The number of thioether (sulfide) groups is 1. The van der Waals surface area contributed by atoms with Gasteiger partial charge >= 0.3 is 17.9 Å². The maximum Gasteiger partial charge on any atom is 0.327 e. The van der Waals surface area contributed by atoms with Gasteiger partial charge in [-0.25, -0.2) is 4.79 Å². The van der Waals surface area contributed by atoms with Gasteiger partial charge in [-0.05, 0) is 92.9 Å². The van der Waals surface area contributed by atoms with Crippen LogP contribution in [0.15, 0.2) is 24.3 Å². The van der Waals surface area contributed by atoms with Crippen LogP contribution in [0.5, 0.6) is 5.75 Å². The van der Waals surface area contributed by atoms with E-state index in [0.717, 1.165) is 0 Å². The Bertz CT molecular complexity index is 2550. The maximum absolute atomic E-state index is 14.5. The molecule has 9 amide bonds. The summed E-state index contributed by atoms with van der Waals surface area (Å²) < 4.78 is 0. The lowest BCUT2D eigenvalue weighted by atomic mass is 10.00. The molecule has 1 aromatic carbocycles. The fourth-order valence-electron chi connectivity index (χ4n) is 8.23. The second-order valence-electron chi connectivity index (χ2n) is 21.3. The number of carboxylic acids is 3. The first-order chi connectivity index (χ1) is 41.3. The van der Waals surface area contributed by atoms with Gasteiger partial charge in [0.2, 0.25) is 53.2 Å². The summed E-state index contributed by atoms with van der Waals surface area (Å²) in [6, 6.07) is -9.33. The van der Waals surface area contributed by atoms with E-state index in [1.807, 2.05) is 0 Å². The van der Waals surface area contributed by atoms with Crippen molar-refractivity contribution in [3.05, 3.63) is 29.8 Å². The molecule has 0 fully saturated rings. The smallest absolute Gasteiger partial charge is 0.327 e. The lowest BCUT2D eigenvalue weighted by Crippen LogP contribution is -2.61. The number of benzene rings is 1. The maximum atomic E-state index is 14.5. The monoisotopic (exact) mass is 1300 g/mol. The van der Waals surface area contributed by atoms with Gasteiger partial charge in [0.25, 0.3) is 0 Å². The molecule has 0 spiro atoms. The van der Waals surface area contributed by atoms with E-state index in [0.29, 0.717) is 5.56 Å². The zero-order valence-corrected chi connectivity index (χ0v) is 52.4. The van der Waals surface area contributed by atoms with E-state index in [9.17, 15) is 78.0 Å². The molecule has 0 aromatic heterocycles. The normalized spacial score (nSPS) is 14.4. The van der Waals surface area contributed by atoms with E-state index >= 15 is 0 Å². The van der Waals surface area contributed by atoms with Crippen molar-refractivity contribution >= 4 is 120 Å². The molecule has 35 heteroatoms. The fraction of sp³-hybridized carbons (Fsp3) is 0.623. The fourth-order valence-corrected chi connectivity index (χ4v) is 9.11. The van der Waals surface area contributed by atoms with Crippen molar-refractivity contribution in [2.45, 2.75) is 159 Å². The number of aliphatic carboxylic acids is 3. The van der Waals surface area contributed by atoms with E-state index in [2.05, 4.69) is 83.7 Å². The predicted octanol–water partition coefficient (Wildman–Crippen LogP) is -3.72. The lowest BCUT2D eigenvalue weighted by molar-refractivity contribution is -0.142. The zero-order chi connectivity index (χ0) is 66.8. The van der Waals surface area contributed by atoms with Crippen molar-refractivity contribution in [1.29, 1.82) is 10.8 Å². The van der Waals surface area contributed by atoms with E-state index in [1.54, 1.807) is 34.0 Å². The minimum Gasteiger partial charge on any atom is -0.508 e. The van der Waals surface area contributed by atoms with Gasteiger partial charge in [-0.1, -0.05) is 39.8 Å². The quantitative estimate of drug-likeness (QED) is 0.0129. The first kappa shape index (κ1) is 78.2. The molecule has 494 valence electrons. The van der Waals surface area contributed by atoms with Crippen LogP contribution in [-0.2, 0) is 64.0 Å². The van der Waals surface area contributed by atoms with Gasteiger partial charge in [0.1, 0.15) is 60.1 Å². The largest absolute Gasteiger partial charge is 0.508 e. The van der Waals surface area contributed by atoms with Crippen molar-refractivity contribution in [2.75, 3.05) is 36.6 Å². The number of phenolic OH excluding ortho intramolecular Hbond substituents is 1. The highest BCUT2D eigenvalue weighted by molar-refractivity contribution is 7.98. The summed E-state index contributed by atoms with van der Waals surface area (Å²) in [4.78, 5) is 161. The van der Waals surface area contributed by atoms with E-state index in [-0.39, 0.29) is 99.3 Å². The van der Waals surface area contributed by atoms with Gasteiger partial charge in [-0.2, -0.15) is 37.0 Å². The van der Waals surface area contributed by atoms with Crippen LogP contribution < -0.4 is 75.7 Å². The molecule has 0 heterocycles. The molecule has 32 nitrogen and oxygen atoms in total. The molecule has 0 unspecified atom stereocenters. The average molecular weight is 1300 g/mol. The van der Waals surface area contributed by atoms with Crippen LogP contribution in [0.3, 0.4) is 0 Å². The zero-order valence-electron chi connectivity index (χ0n) is 49.8. The molecule has 0 radical (unpaired) electrons. The second-order valence-corrected chi connectivity index (χ2v) is 23.0. The Labute approximate surface area is 525 Å². The molecular formula is C53H88N16O16S3. The van der Waals surface area contributed by atoms with Gasteiger partial charge in [0.05, 0.1) is 12.5 Å². The Hall–Kier alpha value is -7.79. The Morgan fingerprint density at radius 2 is 0.864 bits per heavy atom. The van der Waals surface area contributed by atoms with Crippen LogP contribution in [0, 0.1) is 22.7 Å². The number of carboxylic acid groups (broad SMARTS) is 3. The van der Waals surface area contributed by atoms with E-state index < -0.39 is 163 Å². The van der Waals surface area contributed by atoms with Crippen LogP contribution in [0.25, 0.3) is 0 Å². The highest BCUT2D eigenvalue weighted by Gasteiger charge is 2.36. The summed E-state index contributed by atoms with van der Waals surface area (Å²) in [5.74, 6) is -14.8. The van der Waals surface area contributed by atoms with Crippen LogP contribution in [-0.4, -0.2) is 200 Å². The van der Waals surface area contributed by atoms with E-state index in [1.165, 1.54) is 36.0 Å². The molecule has 0 aliphatic carbocycles. The third kappa shape index (κ3) is 31.7. The molecule has 0 saturated heterocycles. The molecule has 10 atom stereocenters. The van der Waals surface area contributed by atoms with Gasteiger partial charge in [-0.3, -0.25) is 63.6 Å². The lowest BCUT2D eigenvalue weighted by Gasteiger charge is -2.29. The molecule has 0 aliphatic heterocycles. The highest BCUT2D eigenvalue weighted by atomic mass is 32.2. The first-order valence-corrected chi connectivity index (χ1v) is 30.8. The summed E-state index contributed by atoms with van der Waals surface area (Å²) in [6.07, 6.45) is -1.15. The molecule has 0 bridgehead atoms. The van der Waals surface area contributed by atoms with Crippen LogP contribution in [0.4, 0.5) is 0 Å². The topological polar surface area (TPSA) is 544 Å². The van der Waals surface area contributed by atoms with Gasteiger partial charge in [0, 0.05) is 37.4 Å². The second kappa shape index (κ2) is 41.4. The highest BCUT2D eigenvalue weighted by Crippen LogP contribution is 2.15. The summed E-state index contributed by atoms with van der Waals surface area (Å²) in [6.45, 7) is 6.83. The molecule has 0 saturated carbocycles. The minimum absolute atomic E-state index is 0.00606. The van der Waals surface area contributed by atoms with Crippen molar-refractivity contribution in [3.63, 3.8) is 0 Å². The number of rotatable bonds is 43. The molecule has 1 aromatic rings. The van der Waals surface area contributed by atoms with Crippen molar-refractivity contribution in [1.82, 2.24) is 58.5 Å². The number of nitrogens with one attached hydrogen (secondary N) is 13. The predicted molar refractivity (Wildman–Crippen MR) is 332 cm³/mol. The molecule has 23 N–H and O–H groups in total. The Kier molecular flexibility index (Phi) is 36.8. The molecular weight excluding hydrogens is 1210 g/mol. The Morgan fingerprint density at radius 1 is 0.500 bits per heavy atom. The van der Waals surface area contributed by atoms with Gasteiger partial charge in [-0.15, -0.1) is 0 Å². The third-order valence-electron chi connectivity index (χ3n) is 12.8. The standard InChI is InChI=1S/C53H88N16O16S3/c1-26(2)20-35(48(81)63-33(14-15-40(71)72)45(78)64-34(16-19-88-5)46(79)68-37(22-28-10-12-29(70)13-11-28)49(82)69-39(25-87)51(84)85)66-44(77)32(9-7-18-60-53(57)58)61-43(76)31(8-6-17-59-52(55)56)62-47(80)36(21-27(3)4)67-50(83)38(23-41(73)74)65-42(75)30(54)24-86/h10-13,26-27,30-39,70,86-87H,6-9,14-25,54H2,1-5H3,(H,61,76)(H,62,80)(H,63,81)(H,64,78)(H,65,75)(H,66,77)(H,67,83)(H,68,79)(H,69,82)(H,71,72)(H,73,74)(H,84,85)(H4,55,56,59)(H4,57,58,60)/t30-,31-,32-,33-,34-,35-,36-,37-,38-,39-/m0/s1. The van der Waals surface area contributed by atoms with Crippen LogP contribution in [0.2, 0.25) is 0 Å². The third-order valence-corrected chi connectivity index (χ3v) is 14.2. The molecule has 1 rings (SSSR count). The van der Waals surface area contributed by atoms with Crippen molar-refractivity contribution in [2.24, 2.45) is 29.0 Å². The number of carbonyl (C=O) groups excluding carboxylic acids is 9. The summed E-state index contributed by atoms with van der Waals surface area (Å²) in [7, 11) is 0.